The van der Waals surface area contributed by atoms with Gasteiger partial charge in [0.25, 0.3) is 0 Å². The largest absolute Gasteiger partial charge is 0.466 e. The smallest absolute Gasteiger partial charge is 0.314 e. The Hall–Kier alpha value is -1.35. The van der Waals surface area contributed by atoms with Gasteiger partial charge in [0.2, 0.25) is 0 Å². The molecule has 2 atom stereocenters. The van der Waals surface area contributed by atoms with Gasteiger partial charge in [-0.2, -0.15) is 0 Å². The molecule has 1 aliphatic rings. The molecule has 0 saturated carbocycles. The van der Waals surface area contributed by atoms with Gasteiger partial charge < -0.3 is 9.64 Å². The molecule has 3 nitrogen and oxygen atoms in total. The Labute approximate surface area is 121 Å². The van der Waals surface area contributed by atoms with E-state index in [2.05, 4.69) is 31.2 Å². The van der Waals surface area contributed by atoms with Crippen LogP contribution in [0.5, 0.6) is 0 Å². The maximum absolute atomic E-state index is 11.8. The van der Waals surface area contributed by atoms with E-state index < -0.39 is 0 Å². The van der Waals surface area contributed by atoms with Gasteiger partial charge in [-0.3, -0.25) is 4.79 Å². The van der Waals surface area contributed by atoms with Crippen molar-refractivity contribution in [2.75, 3.05) is 19.7 Å². The number of carbonyl (C=O) groups is 1. The van der Waals surface area contributed by atoms with E-state index in [1.54, 1.807) is 0 Å². The normalized spacial score (nSPS) is 22.5. The van der Waals surface area contributed by atoms with E-state index >= 15 is 0 Å². The summed E-state index contributed by atoms with van der Waals surface area (Å²) in [6, 6.07) is 8.86. The lowest BCUT2D eigenvalue weighted by atomic mass is 9.97. The minimum absolute atomic E-state index is 0.00830. The number of aryl methyl sites for hydroxylation is 1. The zero-order chi connectivity index (χ0) is 14.4. The quantitative estimate of drug-likeness (QED) is 0.828. The zero-order valence-corrected chi connectivity index (χ0v) is 12.7. The molecule has 1 aromatic carbocycles. The summed E-state index contributed by atoms with van der Waals surface area (Å²) in [5, 5.41) is 0. The first kappa shape index (κ1) is 15.0. The van der Waals surface area contributed by atoms with E-state index in [-0.39, 0.29) is 11.9 Å². The fraction of sp³-hybridized carbons (Fsp3) is 0.588. The third-order valence-electron chi connectivity index (χ3n) is 4.12. The average Bonchev–Trinajstić information content (AvgIpc) is 2.48. The van der Waals surface area contributed by atoms with Gasteiger partial charge in [-0.05, 0) is 31.7 Å². The molecule has 1 unspecified atom stereocenters. The number of rotatable bonds is 5. The van der Waals surface area contributed by atoms with Gasteiger partial charge in [-0.25, -0.2) is 0 Å². The Kier molecular flexibility index (Phi) is 5.60. The number of ether oxygens (including phenoxy) is 1. The van der Waals surface area contributed by atoms with E-state index in [9.17, 15) is 4.79 Å². The van der Waals surface area contributed by atoms with Crippen LogP contribution in [-0.4, -0.2) is 25.7 Å². The van der Waals surface area contributed by atoms with E-state index in [0.717, 1.165) is 38.9 Å². The van der Waals surface area contributed by atoms with Gasteiger partial charge in [0.05, 0.1) is 19.7 Å². The van der Waals surface area contributed by atoms with E-state index in [1.807, 2.05) is 6.92 Å². The van der Waals surface area contributed by atoms with E-state index in [0.29, 0.717) is 6.61 Å². The van der Waals surface area contributed by atoms with Crippen molar-refractivity contribution < 1.29 is 14.4 Å². The van der Waals surface area contributed by atoms with Crippen LogP contribution in [0.2, 0.25) is 0 Å². The first-order valence-corrected chi connectivity index (χ1v) is 7.81. The van der Waals surface area contributed by atoms with Crippen LogP contribution in [0.4, 0.5) is 0 Å². The standard InChI is InChI=1S/C17H25NO2/c1-3-14-7-9-15(10-8-14)12-18-11-5-6-16(13-18)17(19)20-4-2/h7-10,16H,3-6,11-13H2,1-2H3/p+1/t16-/m1/s1. The highest BCUT2D eigenvalue weighted by molar-refractivity contribution is 5.72. The molecular weight excluding hydrogens is 250 g/mol. The summed E-state index contributed by atoms with van der Waals surface area (Å²) >= 11 is 0. The number of hydrogen-bond acceptors (Lipinski definition) is 2. The minimum Gasteiger partial charge on any atom is -0.466 e. The highest BCUT2D eigenvalue weighted by atomic mass is 16.5. The number of piperidine rings is 1. The Morgan fingerprint density at radius 1 is 1.25 bits per heavy atom. The Balaban J connectivity index is 1.90. The lowest BCUT2D eigenvalue weighted by Gasteiger charge is -2.28. The number of carbonyl (C=O) groups excluding carboxylic acids is 1. The lowest BCUT2D eigenvalue weighted by Crippen LogP contribution is -3.12. The predicted molar refractivity (Wildman–Crippen MR) is 79.6 cm³/mol. The minimum atomic E-state index is -0.00830. The maximum atomic E-state index is 11.8. The van der Waals surface area contributed by atoms with Crippen LogP contribution >= 0.6 is 0 Å². The van der Waals surface area contributed by atoms with E-state index in [1.165, 1.54) is 16.0 Å². The molecule has 0 spiro atoms. The molecule has 1 saturated heterocycles. The SMILES string of the molecule is CCOC(=O)[C@@H]1CCC[NH+](Cc2ccc(CC)cc2)C1. The third-order valence-corrected chi connectivity index (χ3v) is 4.12. The molecule has 110 valence electrons. The zero-order valence-electron chi connectivity index (χ0n) is 12.7. The molecule has 0 radical (unpaired) electrons. The maximum Gasteiger partial charge on any atom is 0.314 e. The van der Waals surface area contributed by atoms with Crippen LogP contribution in [0.3, 0.4) is 0 Å². The molecule has 0 aliphatic carbocycles. The van der Waals surface area contributed by atoms with Gasteiger partial charge in [0.15, 0.2) is 0 Å². The fourth-order valence-corrected chi connectivity index (χ4v) is 2.95. The molecule has 0 bridgehead atoms. The summed E-state index contributed by atoms with van der Waals surface area (Å²) in [7, 11) is 0. The van der Waals surface area contributed by atoms with Crippen LogP contribution in [0.15, 0.2) is 24.3 Å². The van der Waals surface area contributed by atoms with Crippen LogP contribution < -0.4 is 4.90 Å². The average molecular weight is 276 g/mol. The molecule has 0 aromatic heterocycles. The number of esters is 1. The molecule has 1 heterocycles. The van der Waals surface area contributed by atoms with Gasteiger partial charge in [-0.15, -0.1) is 0 Å². The second kappa shape index (κ2) is 7.44. The predicted octanol–water partition coefficient (Wildman–Crippen LogP) is 1.61. The lowest BCUT2D eigenvalue weighted by molar-refractivity contribution is -0.921. The summed E-state index contributed by atoms with van der Waals surface area (Å²) < 4.78 is 5.16. The highest BCUT2D eigenvalue weighted by Gasteiger charge is 2.29. The van der Waals surface area contributed by atoms with Crippen molar-refractivity contribution in [3.8, 4) is 0 Å². The van der Waals surface area contributed by atoms with Gasteiger partial charge in [-0.1, -0.05) is 31.2 Å². The fourth-order valence-electron chi connectivity index (χ4n) is 2.95. The summed E-state index contributed by atoms with van der Waals surface area (Å²) in [6.07, 6.45) is 3.19. The highest BCUT2D eigenvalue weighted by Crippen LogP contribution is 2.10. The number of nitrogens with one attached hydrogen (secondary N) is 1. The summed E-state index contributed by atoms with van der Waals surface area (Å²) in [5.41, 5.74) is 2.74. The molecule has 1 fully saturated rings. The first-order chi connectivity index (χ1) is 9.72. The summed E-state index contributed by atoms with van der Waals surface area (Å²) in [4.78, 5) is 13.3. The van der Waals surface area contributed by atoms with Crippen molar-refractivity contribution in [3.05, 3.63) is 35.4 Å². The molecule has 1 aromatic rings. The van der Waals surface area contributed by atoms with Crippen molar-refractivity contribution >= 4 is 5.97 Å². The van der Waals surface area contributed by atoms with Crippen LogP contribution in [0.1, 0.15) is 37.8 Å². The number of likely N-dealkylation sites (tertiary alicyclic amines) is 1. The Bertz CT molecular complexity index is 427. The monoisotopic (exact) mass is 276 g/mol. The van der Waals surface area contributed by atoms with E-state index in [4.69, 9.17) is 4.74 Å². The molecule has 0 amide bonds. The molecule has 1 aliphatic heterocycles. The summed E-state index contributed by atoms with van der Waals surface area (Å²) in [6.45, 7) is 7.62. The topological polar surface area (TPSA) is 30.7 Å². The molecule has 20 heavy (non-hydrogen) atoms. The second-order valence-electron chi connectivity index (χ2n) is 5.64. The van der Waals surface area contributed by atoms with Crippen LogP contribution in [0, 0.1) is 5.92 Å². The Morgan fingerprint density at radius 2 is 1.95 bits per heavy atom. The molecule has 1 N–H and O–H groups in total. The first-order valence-electron chi connectivity index (χ1n) is 7.81. The van der Waals surface area contributed by atoms with Gasteiger partial charge in [0, 0.05) is 5.56 Å². The van der Waals surface area contributed by atoms with Gasteiger partial charge >= 0.3 is 5.97 Å². The van der Waals surface area contributed by atoms with Crippen molar-refractivity contribution in [1.82, 2.24) is 0 Å². The molecule has 2 rings (SSSR count). The third kappa shape index (κ3) is 4.07. The Morgan fingerprint density at radius 3 is 2.60 bits per heavy atom. The van der Waals surface area contributed by atoms with Crippen LogP contribution in [0.25, 0.3) is 0 Å². The van der Waals surface area contributed by atoms with Crippen molar-refractivity contribution in [1.29, 1.82) is 0 Å². The van der Waals surface area contributed by atoms with Gasteiger partial charge in [0.1, 0.15) is 12.5 Å². The van der Waals surface area contributed by atoms with Crippen molar-refractivity contribution in [2.24, 2.45) is 5.92 Å². The van der Waals surface area contributed by atoms with Crippen molar-refractivity contribution in [3.63, 3.8) is 0 Å². The molecular formula is C17H26NO2+. The van der Waals surface area contributed by atoms with Crippen LogP contribution in [-0.2, 0) is 22.5 Å². The van der Waals surface area contributed by atoms with Crippen molar-refractivity contribution in [2.45, 2.75) is 39.7 Å². The molecule has 3 heteroatoms. The second-order valence-corrected chi connectivity index (χ2v) is 5.64. The summed E-state index contributed by atoms with van der Waals surface area (Å²) in [5.74, 6) is 0.0830. The number of benzene rings is 1. The number of hydrogen-bond donors (Lipinski definition) is 1. The number of quaternary nitrogens is 1.